The number of carbonyl (C=O) groups excluding carboxylic acids is 1. The summed E-state index contributed by atoms with van der Waals surface area (Å²) in [5.74, 6) is 0. The molecule has 172 valence electrons. The highest BCUT2D eigenvalue weighted by atomic mass is 35.5. The van der Waals surface area contributed by atoms with Gasteiger partial charge in [-0.1, -0.05) is 29.3 Å². The van der Waals surface area contributed by atoms with Crippen LogP contribution >= 0.6 is 23.2 Å². The maximum Gasteiger partial charge on any atom is 0.410 e. The summed E-state index contributed by atoms with van der Waals surface area (Å²) in [5.41, 5.74) is 4.86. The molecule has 0 unspecified atom stereocenters. The van der Waals surface area contributed by atoms with Gasteiger partial charge < -0.3 is 14.5 Å². The van der Waals surface area contributed by atoms with E-state index < -0.39 is 5.60 Å². The van der Waals surface area contributed by atoms with Gasteiger partial charge in [-0.05, 0) is 75.7 Å². The monoisotopic (exact) mass is 484 g/mol. The van der Waals surface area contributed by atoms with Crippen LogP contribution in [0.5, 0.6) is 0 Å². The van der Waals surface area contributed by atoms with Crippen LogP contribution in [0.3, 0.4) is 0 Å². The van der Waals surface area contributed by atoms with Gasteiger partial charge in [0.15, 0.2) is 0 Å². The summed E-state index contributed by atoms with van der Waals surface area (Å²) in [7, 11) is 0. The summed E-state index contributed by atoms with van der Waals surface area (Å²) < 4.78 is 5.66. The van der Waals surface area contributed by atoms with Crippen molar-refractivity contribution in [3.05, 3.63) is 69.8 Å². The number of ether oxygens (including phenoxy) is 1. The van der Waals surface area contributed by atoms with Gasteiger partial charge in [0.1, 0.15) is 5.60 Å². The van der Waals surface area contributed by atoms with E-state index >= 15 is 0 Å². The van der Waals surface area contributed by atoms with E-state index in [1.807, 2.05) is 64.1 Å². The average molecular weight is 485 g/mol. The minimum Gasteiger partial charge on any atom is -0.444 e. The summed E-state index contributed by atoms with van der Waals surface area (Å²) in [6.07, 6.45) is -0.343. The van der Waals surface area contributed by atoms with Gasteiger partial charge >= 0.3 is 6.09 Å². The Kier molecular flexibility index (Phi) is 6.50. The Morgan fingerprint density at radius 2 is 1.76 bits per heavy atom. The van der Waals surface area contributed by atoms with Crippen LogP contribution < -0.4 is 4.90 Å². The number of carbonyl (C=O) groups is 1. The van der Waals surface area contributed by atoms with Crippen molar-refractivity contribution in [3.8, 4) is 11.3 Å². The standard InChI is InChI=1S/C25H26Cl2N4O2/c1-16-5-9-22(29-28-16)17-6-10-23-18(13-17)15-30(24(32)33-25(2,3)4)11-12-31(23)19-7-8-20(26)21(27)14-19/h5-10,13-14H,11-12,15H2,1-4H3. The number of benzene rings is 2. The number of fused-ring (bicyclic) bond motifs is 1. The number of aromatic nitrogens is 2. The second-order valence-corrected chi connectivity index (χ2v) is 9.87. The highest BCUT2D eigenvalue weighted by molar-refractivity contribution is 6.42. The van der Waals surface area contributed by atoms with E-state index in [0.717, 1.165) is 33.9 Å². The van der Waals surface area contributed by atoms with E-state index in [4.69, 9.17) is 27.9 Å². The summed E-state index contributed by atoms with van der Waals surface area (Å²) >= 11 is 12.5. The maximum absolute atomic E-state index is 12.9. The van der Waals surface area contributed by atoms with Gasteiger partial charge in [0.05, 0.1) is 28.0 Å². The molecule has 0 saturated heterocycles. The second-order valence-electron chi connectivity index (χ2n) is 9.06. The molecular formula is C25H26Cl2N4O2. The lowest BCUT2D eigenvalue weighted by molar-refractivity contribution is 0.0244. The number of anilines is 2. The summed E-state index contributed by atoms with van der Waals surface area (Å²) in [6.45, 7) is 8.99. The van der Waals surface area contributed by atoms with Crippen molar-refractivity contribution < 1.29 is 9.53 Å². The van der Waals surface area contributed by atoms with Crippen LogP contribution in [0.2, 0.25) is 10.0 Å². The van der Waals surface area contributed by atoms with Crippen LogP contribution in [-0.2, 0) is 11.3 Å². The minimum absolute atomic E-state index is 0.343. The molecule has 2 heterocycles. The molecule has 1 aliphatic heterocycles. The fourth-order valence-electron chi connectivity index (χ4n) is 3.72. The Balaban J connectivity index is 1.76. The van der Waals surface area contributed by atoms with Crippen molar-refractivity contribution in [3.63, 3.8) is 0 Å². The fourth-order valence-corrected chi connectivity index (χ4v) is 4.01. The number of rotatable bonds is 2. The molecule has 1 aromatic heterocycles. The average Bonchev–Trinajstić information content (AvgIpc) is 2.94. The Hall–Kier alpha value is -2.83. The zero-order valence-corrected chi connectivity index (χ0v) is 20.6. The Morgan fingerprint density at radius 1 is 0.970 bits per heavy atom. The van der Waals surface area contributed by atoms with Gasteiger partial charge in [0.2, 0.25) is 0 Å². The first kappa shape index (κ1) is 23.3. The lowest BCUT2D eigenvalue weighted by Crippen LogP contribution is -2.38. The van der Waals surface area contributed by atoms with Crippen LogP contribution in [0.15, 0.2) is 48.5 Å². The van der Waals surface area contributed by atoms with Crippen molar-refractivity contribution in [2.45, 2.75) is 39.8 Å². The Labute approximate surface area is 204 Å². The van der Waals surface area contributed by atoms with E-state index in [-0.39, 0.29) is 6.09 Å². The van der Waals surface area contributed by atoms with Gasteiger partial charge in [-0.15, -0.1) is 0 Å². The first-order valence-corrected chi connectivity index (χ1v) is 11.5. The minimum atomic E-state index is -0.574. The predicted octanol–water partition coefficient (Wildman–Crippen LogP) is 6.65. The van der Waals surface area contributed by atoms with Crippen molar-refractivity contribution in [2.75, 3.05) is 18.0 Å². The zero-order chi connectivity index (χ0) is 23.8. The van der Waals surface area contributed by atoms with Gasteiger partial charge in [0.25, 0.3) is 0 Å². The fraction of sp³-hybridized carbons (Fsp3) is 0.320. The second kappa shape index (κ2) is 9.20. The molecule has 0 saturated carbocycles. The molecule has 3 aromatic rings. The predicted molar refractivity (Wildman–Crippen MR) is 132 cm³/mol. The number of aryl methyl sites for hydroxylation is 1. The van der Waals surface area contributed by atoms with Crippen LogP contribution in [0.4, 0.5) is 16.2 Å². The summed E-state index contributed by atoms with van der Waals surface area (Å²) in [6, 6.07) is 15.6. The normalized spacial score (nSPS) is 14.0. The van der Waals surface area contributed by atoms with Crippen LogP contribution in [0, 0.1) is 6.92 Å². The topological polar surface area (TPSA) is 58.6 Å². The van der Waals surface area contributed by atoms with E-state index in [9.17, 15) is 4.79 Å². The molecule has 0 spiro atoms. The first-order valence-electron chi connectivity index (χ1n) is 10.7. The molecule has 0 atom stereocenters. The molecule has 33 heavy (non-hydrogen) atoms. The van der Waals surface area contributed by atoms with Crippen LogP contribution in [0.1, 0.15) is 32.0 Å². The number of hydrogen-bond donors (Lipinski definition) is 0. The van der Waals surface area contributed by atoms with Gasteiger partial charge in [-0.25, -0.2) is 4.79 Å². The third-order valence-corrected chi connectivity index (χ3v) is 6.02. The van der Waals surface area contributed by atoms with E-state index in [0.29, 0.717) is 29.7 Å². The molecule has 4 rings (SSSR count). The van der Waals surface area contributed by atoms with Gasteiger partial charge in [-0.3, -0.25) is 0 Å². The van der Waals surface area contributed by atoms with E-state index in [1.165, 1.54) is 0 Å². The lowest BCUT2D eigenvalue weighted by Gasteiger charge is -2.27. The number of halogens is 2. The summed E-state index contributed by atoms with van der Waals surface area (Å²) in [5, 5.41) is 9.48. The first-order chi connectivity index (χ1) is 15.6. The zero-order valence-electron chi connectivity index (χ0n) is 19.1. The third kappa shape index (κ3) is 5.40. The van der Waals surface area contributed by atoms with Gasteiger partial charge in [0, 0.05) is 30.0 Å². The van der Waals surface area contributed by atoms with Crippen molar-refractivity contribution in [2.24, 2.45) is 0 Å². The molecule has 0 radical (unpaired) electrons. The van der Waals surface area contributed by atoms with Crippen LogP contribution in [0.25, 0.3) is 11.3 Å². The van der Waals surface area contributed by atoms with Crippen LogP contribution in [-0.4, -0.2) is 39.9 Å². The molecule has 0 N–H and O–H groups in total. The largest absolute Gasteiger partial charge is 0.444 e. The molecule has 0 bridgehead atoms. The summed E-state index contributed by atoms with van der Waals surface area (Å²) in [4.78, 5) is 16.8. The lowest BCUT2D eigenvalue weighted by atomic mass is 10.0. The molecular weight excluding hydrogens is 459 g/mol. The van der Waals surface area contributed by atoms with Crippen molar-refractivity contribution >= 4 is 40.7 Å². The van der Waals surface area contributed by atoms with Crippen molar-refractivity contribution in [1.29, 1.82) is 0 Å². The van der Waals surface area contributed by atoms with Gasteiger partial charge in [-0.2, -0.15) is 10.2 Å². The molecule has 1 aliphatic rings. The Bertz CT molecular complexity index is 1180. The molecule has 1 amide bonds. The maximum atomic E-state index is 12.9. The molecule has 8 heteroatoms. The highest BCUT2D eigenvalue weighted by Gasteiger charge is 2.28. The third-order valence-electron chi connectivity index (χ3n) is 5.29. The van der Waals surface area contributed by atoms with Crippen molar-refractivity contribution in [1.82, 2.24) is 15.1 Å². The molecule has 0 fully saturated rings. The number of hydrogen-bond acceptors (Lipinski definition) is 5. The number of amides is 1. The molecule has 6 nitrogen and oxygen atoms in total. The Morgan fingerprint density at radius 3 is 2.42 bits per heavy atom. The number of nitrogens with zero attached hydrogens (tertiary/aromatic N) is 4. The molecule has 2 aromatic carbocycles. The van der Waals surface area contributed by atoms with E-state index in [2.05, 4.69) is 21.2 Å². The van der Waals surface area contributed by atoms with E-state index in [1.54, 1.807) is 11.0 Å². The quantitative estimate of drug-likeness (QED) is 0.407. The smallest absolute Gasteiger partial charge is 0.410 e. The molecule has 0 aliphatic carbocycles. The highest BCUT2D eigenvalue weighted by Crippen LogP contribution is 2.37. The SMILES string of the molecule is Cc1ccc(-c2ccc3c(c2)CN(C(=O)OC(C)(C)C)CCN3c2ccc(Cl)c(Cl)c2)nn1.